The van der Waals surface area contributed by atoms with Crippen LogP contribution in [0.5, 0.6) is 5.75 Å². The number of aromatic nitrogens is 3. The van der Waals surface area contributed by atoms with Crippen molar-refractivity contribution in [3.63, 3.8) is 0 Å². The number of carbonyl (C=O) groups is 1. The maximum absolute atomic E-state index is 13.5. The monoisotopic (exact) mass is 471 g/mol. The number of hydrogen-bond acceptors (Lipinski definition) is 6. The zero-order valence-corrected chi connectivity index (χ0v) is 19.8. The fraction of sp³-hybridized carbons (Fsp3) is 0.192. The SMILES string of the molecule is CCOc1ccc([C@@H]2Nn3c(nnc3-c3ccccc3)S[C@@H]2C(=O)Nc2ccccc2C)cc1. The number of fused-ring (bicyclic) bond motifs is 1. The number of thioether (sulfide) groups is 1. The molecule has 1 aromatic heterocycles. The molecule has 5 rings (SSSR count). The molecule has 172 valence electrons. The molecule has 7 nitrogen and oxygen atoms in total. The van der Waals surface area contributed by atoms with Gasteiger partial charge in [0.1, 0.15) is 11.0 Å². The first-order valence-corrected chi connectivity index (χ1v) is 12.1. The topological polar surface area (TPSA) is 81.1 Å². The van der Waals surface area contributed by atoms with Crippen molar-refractivity contribution in [1.82, 2.24) is 14.9 Å². The highest BCUT2D eigenvalue weighted by molar-refractivity contribution is 8.00. The van der Waals surface area contributed by atoms with Crippen molar-refractivity contribution >= 4 is 23.4 Å². The Kier molecular flexibility index (Phi) is 6.22. The van der Waals surface area contributed by atoms with E-state index in [9.17, 15) is 4.79 Å². The van der Waals surface area contributed by atoms with Gasteiger partial charge >= 0.3 is 0 Å². The average Bonchev–Trinajstić information content (AvgIpc) is 3.29. The van der Waals surface area contributed by atoms with Gasteiger partial charge in [-0.15, -0.1) is 10.2 Å². The second-order valence-electron chi connectivity index (χ2n) is 7.96. The molecule has 8 heteroatoms. The molecule has 1 aliphatic heterocycles. The summed E-state index contributed by atoms with van der Waals surface area (Å²) in [6.07, 6.45) is 0. The van der Waals surface area contributed by atoms with E-state index < -0.39 is 5.25 Å². The molecule has 2 heterocycles. The second kappa shape index (κ2) is 9.61. The third-order valence-electron chi connectivity index (χ3n) is 5.68. The zero-order chi connectivity index (χ0) is 23.5. The van der Waals surface area contributed by atoms with Crippen LogP contribution in [0.25, 0.3) is 11.4 Å². The van der Waals surface area contributed by atoms with Crippen LogP contribution in [-0.2, 0) is 4.79 Å². The van der Waals surface area contributed by atoms with E-state index in [1.807, 2.05) is 97.4 Å². The van der Waals surface area contributed by atoms with Crippen molar-refractivity contribution < 1.29 is 9.53 Å². The third kappa shape index (κ3) is 4.36. The van der Waals surface area contributed by atoms with Gasteiger partial charge in [0.15, 0.2) is 5.82 Å². The summed E-state index contributed by atoms with van der Waals surface area (Å²) in [5.74, 6) is 1.41. The first-order chi connectivity index (χ1) is 16.6. The maximum Gasteiger partial charge on any atom is 0.240 e. The Hall–Kier alpha value is -3.78. The lowest BCUT2D eigenvalue weighted by Gasteiger charge is -2.33. The summed E-state index contributed by atoms with van der Waals surface area (Å²) < 4.78 is 7.48. The number of amides is 1. The first kappa shape index (κ1) is 22.0. The molecule has 0 spiro atoms. The summed E-state index contributed by atoms with van der Waals surface area (Å²) in [7, 11) is 0. The lowest BCUT2D eigenvalue weighted by Crippen LogP contribution is -2.41. The second-order valence-corrected chi connectivity index (χ2v) is 9.07. The summed E-state index contributed by atoms with van der Waals surface area (Å²) in [6, 6.07) is 25.2. The van der Waals surface area contributed by atoms with Gasteiger partial charge in [-0.05, 0) is 43.2 Å². The molecular weight excluding hydrogens is 446 g/mol. The maximum atomic E-state index is 13.5. The van der Waals surface area contributed by atoms with Crippen LogP contribution in [0.15, 0.2) is 84.0 Å². The van der Waals surface area contributed by atoms with Gasteiger partial charge in [0.05, 0.1) is 12.6 Å². The van der Waals surface area contributed by atoms with Gasteiger partial charge in [0, 0.05) is 11.3 Å². The molecule has 0 bridgehead atoms. The highest BCUT2D eigenvalue weighted by Crippen LogP contribution is 2.39. The van der Waals surface area contributed by atoms with Gasteiger partial charge in [0.2, 0.25) is 11.1 Å². The summed E-state index contributed by atoms with van der Waals surface area (Å²) in [4.78, 5) is 13.5. The number of aryl methyl sites for hydroxylation is 1. The number of hydrogen-bond donors (Lipinski definition) is 2. The van der Waals surface area contributed by atoms with E-state index >= 15 is 0 Å². The van der Waals surface area contributed by atoms with E-state index in [0.29, 0.717) is 17.6 Å². The highest BCUT2D eigenvalue weighted by atomic mass is 32.2. The summed E-state index contributed by atoms with van der Waals surface area (Å²) in [5, 5.41) is 12.1. The summed E-state index contributed by atoms with van der Waals surface area (Å²) >= 11 is 1.41. The van der Waals surface area contributed by atoms with Crippen LogP contribution >= 0.6 is 11.8 Å². The molecule has 0 saturated carbocycles. The molecule has 0 aliphatic carbocycles. The molecule has 3 aromatic carbocycles. The molecule has 1 amide bonds. The summed E-state index contributed by atoms with van der Waals surface area (Å²) in [6.45, 7) is 4.54. The fourth-order valence-corrected chi connectivity index (χ4v) is 5.01. The van der Waals surface area contributed by atoms with Gasteiger partial charge < -0.3 is 15.5 Å². The molecule has 34 heavy (non-hydrogen) atoms. The number of anilines is 1. The Labute approximate surface area is 202 Å². The minimum atomic E-state index is -0.460. The summed E-state index contributed by atoms with van der Waals surface area (Å²) in [5.41, 5.74) is 7.24. The molecule has 0 fully saturated rings. The predicted molar refractivity (Wildman–Crippen MR) is 135 cm³/mol. The van der Waals surface area contributed by atoms with E-state index in [0.717, 1.165) is 28.1 Å². The zero-order valence-electron chi connectivity index (χ0n) is 18.9. The standard InChI is InChI=1S/C26H25N5O2S/c1-3-33-20-15-13-18(14-16-20)22-23(25(32)27-21-12-8-7-9-17(21)2)34-26-29-28-24(31(26)30-22)19-10-5-4-6-11-19/h4-16,22-23,30H,3H2,1-2H3,(H,27,32)/t22-,23-/m0/s1. The van der Waals surface area contributed by atoms with Gasteiger partial charge in [-0.2, -0.15) is 0 Å². The Morgan fingerprint density at radius 1 is 1.03 bits per heavy atom. The average molecular weight is 472 g/mol. The van der Waals surface area contributed by atoms with E-state index in [1.54, 1.807) is 0 Å². The number of carbonyl (C=O) groups excluding carboxylic acids is 1. The third-order valence-corrected chi connectivity index (χ3v) is 6.90. The number of ether oxygens (including phenoxy) is 1. The molecule has 0 unspecified atom stereocenters. The fourth-order valence-electron chi connectivity index (χ4n) is 3.93. The predicted octanol–water partition coefficient (Wildman–Crippen LogP) is 5.05. The van der Waals surface area contributed by atoms with Crippen molar-refractivity contribution in [3.05, 3.63) is 90.0 Å². The van der Waals surface area contributed by atoms with Gasteiger partial charge in [-0.25, -0.2) is 4.68 Å². The van der Waals surface area contributed by atoms with Crippen molar-refractivity contribution in [3.8, 4) is 17.1 Å². The van der Waals surface area contributed by atoms with Gasteiger partial charge in [-0.3, -0.25) is 4.79 Å². The normalized spacial score (nSPS) is 16.9. The van der Waals surface area contributed by atoms with Gasteiger partial charge in [-0.1, -0.05) is 72.4 Å². The minimum Gasteiger partial charge on any atom is -0.494 e. The van der Waals surface area contributed by atoms with Crippen molar-refractivity contribution in [2.75, 3.05) is 17.3 Å². The minimum absolute atomic E-state index is 0.0961. The molecule has 2 N–H and O–H groups in total. The van der Waals surface area contributed by atoms with Crippen LogP contribution in [0, 0.1) is 6.92 Å². The quantitative estimate of drug-likeness (QED) is 0.410. The number of para-hydroxylation sites is 1. The Morgan fingerprint density at radius 3 is 2.50 bits per heavy atom. The van der Waals surface area contributed by atoms with Crippen molar-refractivity contribution in [2.45, 2.75) is 30.3 Å². The van der Waals surface area contributed by atoms with Crippen LogP contribution in [0.3, 0.4) is 0 Å². The molecule has 0 radical (unpaired) electrons. The number of nitrogens with one attached hydrogen (secondary N) is 2. The Morgan fingerprint density at radius 2 is 1.76 bits per heavy atom. The van der Waals surface area contributed by atoms with E-state index in [-0.39, 0.29) is 11.9 Å². The van der Waals surface area contributed by atoms with E-state index in [2.05, 4.69) is 20.9 Å². The number of benzene rings is 3. The van der Waals surface area contributed by atoms with E-state index in [4.69, 9.17) is 4.74 Å². The smallest absolute Gasteiger partial charge is 0.240 e. The lowest BCUT2D eigenvalue weighted by atomic mass is 10.0. The molecule has 1 aliphatic rings. The Balaban J connectivity index is 1.51. The van der Waals surface area contributed by atoms with E-state index in [1.165, 1.54) is 11.8 Å². The molecule has 0 saturated heterocycles. The van der Waals surface area contributed by atoms with Crippen LogP contribution < -0.4 is 15.5 Å². The lowest BCUT2D eigenvalue weighted by molar-refractivity contribution is -0.116. The Bertz CT molecular complexity index is 1290. The number of nitrogens with zero attached hydrogens (tertiary/aromatic N) is 3. The largest absolute Gasteiger partial charge is 0.494 e. The van der Waals surface area contributed by atoms with Gasteiger partial charge in [0.25, 0.3) is 0 Å². The van der Waals surface area contributed by atoms with Crippen molar-refractivity contribution in [1.29, 1.82) is 0 Å². The van der Waals surface area contributed by atoms with Crippen molar-refractivity contribution in [2.24, 2.45) is 0 Å². The van der Waals surface area contributed by atoms with Crippen LogP contribution in [0.4, 0.5) is 5.69 Å². The first-order valence-electron chi connectivity index (χ1n) is 11.2. The number of rotatable bonds is 6. The molecule has 4 aromatic rings. The molecular formula is C26H25N5O2S. The van der Waals surface area contributed by atoms with Crippen LogP contribution in [-0.4, -0.2) is 32.6 Å². The highest BCUT2D eigenvalue weighted by Gasteiger charge is 2.38. The van der Waals surface area contributed by atoms with Crippen LogP contribution in [0.1, 0.15) is 24.1 Å². The van der Waals surface area contributed by atoms with Crippen LogP contribution in [0.2, 0.25) is 0 Å². The molecule has 2 atom stereocenters.